The Labute approximate surface area is 82.9 Å². The average Bonchev–Trinajstić information content (AvgIpc) is 2.10. The second-order valence-corrected chi connectivity index (χ2v) is 4.76. The number of cyclic esters (lactones) is 1. The Bertz CT molecular complexity index is 297. The van der Waals surface area contributed by atoms with Crippen molar-refractivity contribution in [2.45, 2.75) is 45.8 Å². The van der Waals surface area contributed by atoms with E-state index in [0.717, 1.165) is 0 Å². The molecule has 0 saturated heterocycles. The van der Waals surface area contributed by atoms with Crippen molar-refractivity contribution in [1.82, 2.24) is 0 Å². The van der Waals surface area contributed by atoms with Gasteiger partial charge in [-0.25, -0.2) is 4.79 Å². The molecule has 0 bridgehead atoms. The minimum Gasteiger partial charge on any atom is -0.485 e. The molecule has 4 heteroatoms. The van der Waals surface area contributed by atoms with Crippen molar-refractivity contribution in [3.8, 4) is 0 Å². The molecular formula is C10H15FO3. The summed E-state index contributed by atoms with van der Waals surface area (Å²) in [7, 11) is 0. The molecule has 3 nitrogen and oxygen atoms in total. The van der Waals surface area contributed by atoms with Gasteiger partial charge in [-0.3, -0.25) is 0 Å². The summed E-state index contributed by atoms with van der Waals surface area (Å²) in [6.45, 7) is 8.54. The van der Waals surface area contributed by atoms with E-state index in [0.29, 0.717) is 0 Å². The standard InChI is InChI=1S/C10H15FO3/c1-9(2,3)13-7-6(11)8(12)14-10(7,4)5/h1-5H3. The smallest absolute Gasteiger partial charge is 0.371 e. The van der Waals surface area contributed by atoms with Crippen molar-refractivity contribution in [3.05, 3.63) is 11.6 Å². The van der Waals surface area contributed by atoms with Crippen molar-refractivity contribution in [3.63, 3.8) is 0 Å². The first kappa shape index (κ1) is 11.0. The molecule has 0 aromatic rings. The van der Waals surface area contributed by atoms with Gasteiger partial charge in [0.1, 0.15) is 5.60 Å². The predicted octanol–water partition coefficient (Wildman–Crippen LogP) is 2.32. The SMILES string of the molecule is CC(C)(C)OC1=C(F)C(=O)OC1(C)C. The lowest BCUT2D eigenvalue weighted by molar-refractivity contribution is -0.147. The van der Waals surface area contributed by atoms with Crippen molar-refractivity contribution in [1.29, 1.82) is 0 Å². The van der Waals surface area contributed by atoms with Gasteiger partial charge in [0.25, 0.3) is 0 Å². The molecule has 0 radical (unpaired) electrons. The van der Waals surface area contributed by atoms with E-state index in [4.69, 9.17) is 9.47 Å². The first-order chi connectivity index (χ1) is 6.13. The highest BCUT2D eigenvalue weighted by molar-refractivity contribution is 5.90. The summed E-state index contributed by atoms with van der Waals surface area (Å²) >= 11 is 0. The Hall–Kier alpha value is -1.06. The van der Waals surface area contributed by atoms with Crippen molar-refractivity contribution >= 4 is 5.97 Å². The van der Waals surface area contributed by atoms with Crippen LogP contribution in [0.25, 0.3) is 0 Å². The molecule has 0 spiro atoms. The third-order valence-electron chi connectivity index (χ3n) is 1.68. The summed E-state index contributed by atoms with van der Waals surface area (Å²) in [5, 5.41) is 0. The van der Waals surface area contributed by atoms with Crippen molar-refractivity contribution in [2.24, 2.45) is 0 Å². The Morgan fingerprint density at radius 2 is 1.86 bits per heavy atom. The highest BCUT2D eigenvalue weighted by atomic mass is 19.1. The van der Waals surface area contributed by atoms with Crippen LogP contribution < -0.4 is 0 Å². The molecule has 1 heterocycles. The summed E-state index contributed by atoms with van der Waals surface area (Å²) in [5.41, 5.74) is -1.55. The van der Waals surface area contributed by atoms with Gasteiger partial charge in [-0.1, -0.05) is 0 Å². The number of halogens is 1. The van der Waals surface area contributed by atoms with Gasteiger partial charge < -0.3 is 9.47 Å². The predicted molar refractivity (Wildman–Crippen MR) is 49.1 cm³/mol. The minimum atomic E-state index is -1.01. The molecule has 1 aliphatic rings. The molecule has 0 amide bonds. The minimum absolute atomic E-state index is 0.0185. The van der Waals surface area contributed by atoms with Crippen LogP contribution >= 0.6 is 0 Å². The molecule has 80 valence electrons. The summed E-state index contributed by atoms with van der Waals surface area (Å²) in [5.74, 6) is -1.89. The van der Waals surface area contributed by atoms with Crippen molar-refractivity contribution in [2.75, 3.05) is 0 Å². The maximum Gasteiger partial charge on any atom is 0.371 e. The maximum atomic E-state index is 13.3. The topological polar surface area (TPSA) is 35.5 Å². The fourth-order valence-corrected chi connectivity index (χ4v) is 1.15. The summed E-state index contributed by atoms with van der Waals surface area (Å²) in [6.07, 6.45) is 0. The monoisotopic (exact) mass is 202 g/mol. The highest BCUT2D eigenvalue weighted by Gasteiger charge is 2.44. The lowest BCUT2D eigenvalue weighted by atomic mass is 10.1. The van der Waals surface area contributed by atoms with Crippen LogP contribution in [0.1, 0.15) is 34.6 Å². The molecule has 0 unspecified atom stereocenters. The molecule has 1 aliphatic heterocycles. The molecule has 0 aromatic carbocycles. The van der Waals surface area contributed by atoms with Gasteiger partial charge in [-0.15, -0.1) is 0 Å². The maximum absolute atomic E-state index is 13.3. The average molecular weight is 202 g/mol. The fourth-order valence-electron chi connectivity index (χ4n) is 1.15. The lowest BCUT2D eigenvalue weighted by Crippen LogP contribution is -2.30. The molecule has 0 atom stereocenters. The van der Waals surface area contributed by atoms with Gasteiger partial charge in [0.15, 0.2) is 11.4 Å². The van der Waals surface area contributed by atoms with Crippen molar-refractivity contribution < 1.29 is 18.7 Å². The summed E-state index contributed by atoms with van der Waals surface area (Å²) < 4.78 is 23.4. The largest absolute Gasteiger partial charge is 0.485 e. The first-order valence-corrected chi connectivity index (χ1v) is 4.46. The van der Waals surface area contributed by atoms with Crippen LogP contribution in [0.15, 0.2) is 11.6 Å². The lowest BCUT2D eigenvalue weighted by Gasteiger charge is -2.28. The van der Waals surface area contributed by atoms with E-state index in [-0.39, 0.29) is 5.76 Å². The Morgan fingerprint density at radius 1 is 1.36 bits per heavy atom. The highest BCUT2D eigenvalue weighted by Crippen LogP contribution is 2.36. The van der Waals surface area contributed by atoms with E-state index in [1.807, 2.05) is 0 Å². The third kappa shape index (κ3) is 2.05. The first-order valence-electron chi connectivity index (χ1n) is 4.46. The van der Waals surface area contributed by atoms with Gasteiger partial charge in [-0.05, 0) is 34.6 Å². The normalized spacial score (nSPS) is 21.1. The zero-order valence-corrected chi connectivity index (χ0v) is 9.10. The fraction of sp³-hybridized carbons (Fsp3) is 0.700. The molecule has 1 rings (SSSR count). The third-order valence-corrected chi connectivity index (χ3v) is 1.68. The Kier molecular flexibility index (Phi) is 2.34. The number of carbonyl (C=O) groups is 1. The van der Waals surface area contributed by atoms with Crippen LogP contribution in [0.3, 0.4) is 0 Å². The number of rotatable bonds is 1. The van der Waals surface area contributed by atoms with Crippen LogP contribution in [0.4, 0.5) is 4.39 Å². The van der Waals surface area contributed by atoms with E-state index < -0.39 is 23.0 Å². The molecule has 0 saturated carbocycles. The molecule has 0 N–H and O–H groups in total. The quantitative estimate of drug-likeness (QED) is 0.612. The Balaban J connectivity index is 3.00. The van der Waals surface area contributed by atoms with E-state index in [1.54, 1.807) is 34.6 Å². The number of ether oxygens (including phenoxy) is 2. The molecule has 0 fully saturated rings. The van der Waals surface area contributed by atoms with E-state index in [2.05, 4.69) is 0 Å². The molecular weight excluding hydrogens is 187 g/mol. The van der Waals surface area contributed by atoms with E-state index in [1.165, 1.54) is 0 Å². The van der Waals surface area contributed by atoms with Gasteiger partial charge in [0.05, 0.1) is 0 Å². The van der Waals surface area contributed by atoms with Crippen LogP contribution in [0, 0.1) is 0 Å². The Morgan fingerprint density at radius 3 is 2.14 bits per heavy atom. The van der Waals surface area contributed by atoms with Crippen LogP contribution in [0.2, 0.25) is 0 Å². The number of hydrogen-bond donors (Lipinski definition) is 0. The molecule has 0 aliphatic carbocycles. The van der Waals surface area contributed by atoms with Gasteiger partial charge in [0, 0.05) is 0 Å². The van der Waals surface area contributed by atoms with Gasteiger partial charge in [0.2, 0.25) is 5.83 Å². The van der Waals surface area contributed by atoms with Crippen LogP contribution in [-0.4, -0.2) is 17.2 Å². The molecule has 0 aromatic heterocycles. The van der Waals surface area contributed by atoms with E-state index >= 15 is 0 Å². The zero-order valence-electron chi connectivity index (χ0n) is 9.10. The van der Waals surface area contributed by atoms with Crippen LogP contribution in [-0.2, 0) is 14.3 Å². The zero-order chi connectivity index (χ0) is 11.1. The number of esters is 1. The second kappa shape index (κ2) is 2.97. The van der Waals surface area contributed by atoms with Gasteiger partial charge >= 0.3 is 5.97 Å². The summed E-state index contributed by atoms with van der Waals surface area (Å²) in [6, 6.07) is 0. The summed E-state index contributed by atoms with van der Waals surface area (Å²) in [4.78, 5) is 11.0. The number of carbonyl (C=O) groups excluding carboxylic acids is 1. The van der Waals surface area contributed by atoms with Crippen LogP contribution in [0.5, 0.6) is 0 Å². The second-order valence-electron chi connectivity index (χ2n) is 4.76. The van der Waals surface area contributed by atoms with Gasteiger partial charge in [-0.2, -0.15) is 4.39 Å². The number of hydrogen-bond acceptors (Lipinski definition) is 3. The molecule has 14 heavy (non-hydrogen) atoms. The van der Waals surface area contributed by atoms with E-state index in [9.17, 15) is 9.18 Å².